The molecule has 2 nitrogen and oxygen atoms in total. The number of unbranched alkanes of at least 4 members (excludes halogenated alkanes) is 2. The Labute approximate surface area is 132 Å². The van der Waals surface area contributed by atoms with Crippen molar-refractivity contribution in [2.45, 2.75) is 79.1 Å². The van der Waals surface area contributed by atoms with Crippen LogP contribution in [0.4, 0.5) is 0 Å². The Bertz CT molecular complexity index is 119. The van der Waals surface area contributed by atoms with Gasteiger partial charge < -0.3 is 10.2 Å². The minimum atomic E-state index is 0. The van der Waals surface area contributed by atoms with Crippen LogP contribution in [0.3, 0.4) is 0 Å². The fourth-order valence-electron chi connectivity index (χ4n) is 1.80. The average Bonchev–Trinajstić information content (AvgIpc) is 2.42. The van der Waals surface area contributed by atoms with E-state index in [0.29, 0.717) is 11.8 Å². The Hall–Kier alpha value is 0.463. The molecule has 0 aromatic carbocycles. The molecule has 19 heavy (non-hydrogen) atoms. The third-order valence-electron chi connectivity index (χ3n) is 3.56. The van der Waals surface area contributed by atoms with Crippen LogP contribution in [0.1, 0.15) is 79.1 Å². The topological polar surface area (TPSA) is 46.1 Å². The second-order valence-corrected chi connectivity index (χ2v) is 5.17. The molecule has 0 spiro atoms. The first-order valence-electron chi connectivity index (χ1n) is 7.86. The molecule has 0 bridgehead atoms. The SMILES string of the molecule is CCCCC(CC)C[O-].CCCCC(CC)C[O-].[Ge]. The molecule has 116 valence electrons. The van der Waals surface area contributed by atoms with Gasteiger partial charge in [-0.2, -0.15) is 0 Å². The summed E-state index contributed by atoms with van der Waals surface area (Å²) in [4.78, 5) is 0. The molecule has 0 N–H and O–H groups in total. The average molecular weight is 331 g/mol. The summed E-state index contributed by atoms with van der Waals surface area (Å²) in [6, 6.07) is 0. The summed E-state index contributed by atoms with van der Waals surface area (Å²) in [5.74, 6) is 0.898. The zero-order valence-electron chi connectivity index (χ0n) is 13.5. The van der Waals surface area contributed by atoms with Crippen molar-refractivity contribution in [1.29, 1.82) is 0 Å². The first kappa shape index (κ1) is 24.5. The fraction of sp³-hybridized carbons (Fsp3) is 1.00. The van der Waals surface area contributed by atoms with E-state index in [1.54, 1.807) is 0 Å². The Balaban J connectivity index is -0.000000256. The molecule has 0 aliphatic rings. The van der Waals surface area contributed by atoms with E-state index in [-0.39, 0.29) is 30.8 Å². The van der Waals surface area contributed by atoms with Gasteiger partial charge in [-0.05, 0) is 0 Å². The van der Waals surface area contributed by atoms with E-state index in [2.05, 4.69) is 27.7 Å². The Kier molecular flexibility index (Phi) is 26.8. The second kappa shape index (κ2) is 20.8. The molecule has 0 amide bonds. The van der Waals surface area contributed by atoms with Crippen LogP contribution in [0.15, 0.2) is 0 Å². The molecule has 0 aromatic rings. The molecular formula is C16H34GeO2-2. The maximum Gasteiger partial charge on any atom is 0 e. The van der Waals surface area contributed by atoms with Gasteiger partial charge in [0, 0.05) is 17.6 Å². The minimum Gasteiger partial charge on any atom is -0.854 e. The molecule has 2 unspecified atom stereocenters. The number of hydrogen-bond donors (Lipinski definition) is 0. The van der Waals surface area contributed by atoms with E-state index >= 15 is 0 Å². The molecule has 0 saturated carbocycles. The van der Waals surface area contributed by atoms with Crippen LogP contribution in [0.25, 0.3) is 0 Å². The summed E-state index contributed by atoms with van der Waals surface area (Å²) < 4.78 is 0. The van der Waals surface area contributed by atoms with Crippen molar-refractivity contribution in [1.82, 2.24) is 0 Å². The molecule has 4 radical (unpaired) electrons. The summed E-state index contributed by atoms with van der Waals surface area (Å²) in [7, 11) is 0. The van der Waals surface area contributed by atoms with Crippen LogP contribution in [-0.4, -0.2) is 30.8 Å². The molecule has 0 rings (SSSR count). The maximum atomic E-state index is 10.4. The van der Waals surface area contributed by atoms with Crippen molar-refractivity contribution in [3.63, 3.8) is 0 Å². The summed E-state index contributed by atoms with van der Waals surface area (Å²) in [6.07, 6.45) is 9.27. The van der Waals surface area contributed by atoms with Crippen LogP contribution in [-0.2, 0) is 0 Å². The van der Waals surface area contributed by atoms with Crippen molar-refractivity contribution in [2.24, 2.45) is 11.8 Å². The van der Waals surface area contributed by atoms with Crippen molar-refractivity contribution < 1.29 is 10.2 Å². The number of hydrogen-bond acceptors (Lipinski definition) is 2. The van der Waals surface area contributed by atoms with Gasteiger partial charge in [-0.25, -0.2) is 0 Å². The molecule has 0 aliphatic carbocycles. The zero-order chi connectivity index (χ0) is 14.2. The predicted molar refractivity (Wildman–Crippen MR) is 82.1 cm³/mol. The monoisotopic (exact) mass is 332 g/mol. The molecule has 0 saturated heterocycles. The van der Waals surface area contributed by atoms with E-state index < -0.39 is 0 Å². The molecule has 0 fully saturated rings. The molecule has 0 aromatic heterocycles. The van der Waals surface area contributed by atoms with Crippen LogP contribution in [0.2, 0.25) is 0 Å². The van der Waals surface area contributed by atoms with E-state index in [1.807, 2.05) is 0 Å². The van der Waals surface area contributed by atoms with Gasteiger partial charge in [-0.15, -0.1) is 13.2 Å². The summed E-state index contributed by atoms with van der Waals surface area (Å²) in [6.45, 7) is 8.76. The Morgan fingerprint density at radius 1 is 0.684 bits per heavy atom. The predicted octanol–water partition coefficient (Wildman–Crippen LogP) is 2.75. The van der Waals surface area contributed by atoms with Crippen LogP contribution < -0.4 is 10.2 Å². The molecule has 0 heterocycles. The standard InChI is InChI=1S/2C8H17O.Ge/c2*1-3-5-6-8(4-2)7-9;/h2*8H,3-7H2,1-2H3;/q2*-1;. The maximum absolute atomic E-state index is 10.4. The van der Waals surface area contributed by atoms with Crippen LogP contribution in [0.5, 0.6) is 0 Å². The van der Waals surface area contributed by atoms with E-state index in [0.717, 1.165) is 25.7 Å². The van der Waals surface area contributed by atoms with Crippen molar-refractivity contribution in [3.05, 3.63) is 0 Å². The fourth-order valence-corrected chi connectivity index (χ4v) is 1.80. The Morgan fingerprint density at radius 3 is 1.16 bits per heavy atom. The van der Waals surface area contributed by atoms with Gasteiger partial charge in [0.25, 0.3) is 0 Å². The van der Waals surface area contributed by atoms with Gasteiger partial charge >= 0.3 is 0 Å². The third kappa shape index (κ3) is 18.5. The summed E-state index contributed by atoms with van der Waals surface area (Å²) in [5, 5.41) is 20.7. The molecule has 0 aliphatic heterocycles. The minimum absolute atomic E-state index is 0. The van der Waals surface area contributed by atoms with Crippen molar-refractivity contribution in [2.75, 3.05) is 13.2 Å². The zero-order valence-corrected chi connectivity index (χ0v) is 15.6. The van der Waals surface area contributed by atoms with Gasteiger partial charge in [0.15, 0.2) is 0 Å². The van der Waals surface area contributed by atoms with E-state index in [9.17, 15) is 10.2 Å². The summed E-state index contributed by atoms with van der Waals surface area (Å²) >= 11 is 0. The van der Waals surface area contributed by atoms with Gasteiger partial charge in [-0.1, -0.05) is 90.9 Å². The summed E-state index contributed by atoms with van der Waals surface area (Å²) in [5.41, 5.74) is 0. The van der Waals surface area contributed by atoms with Gasteiger partial charge in [-0.3, -0.25) is 0 Å². The van der Waals surface area contributed by atoms with Crippen molar-refractivity contribution in [3.8, 4) is 0 Å². The van der Waals surface area contributed by atoms with Gasteiger partial charge in [0.1, 0.15) is 0 Å². The third-order valence-corrected chi connectivity index (χ3v) is 3.56. The van der Waals surface area contributed by atoms with Gasteiger partial charge in [0.05, 0.1) is 0 Å². The first-order chi connectivity index (χ1) is 8.69. The molecule has 3 heteroatoms. The molecule has 2 atom stereocenters. The van der Waals surface area contributed by atoms with E-state index in [1.165, 1.54) is 25.7 Å². The van der Waals surface area contributed by atoms with E-state index in [4.69, 9.17) is 0 Å². The Morgan fingerprint density at radius 2 is 1.00 bits per heavy atom. The van der Waals surface area contributed by atoms with Crippen molar-refractivity contribution >= 4 is 17.6 Å². The number of rotatable bonds is 10. The molecular weight excluding hydrogens is 297 g/mol. The van der Waals surface area contributed by atoms with Gasteiger partial charge in [0.2, 0.25) is 0 Å². The largest absolute Gasteiger partial charge is 0.854 e. The van der Waals surface area contributed by atoms with Crippen LogP contribution >= 0.6 is 0 Å². The second-order valence-electron chi connectivity index (χ2n) is 5.17. The quantitative estimate of drug-likeness (QED) is 0.578. The van der Waals surface area contributed by atoms with Crippen LogP contribution in [0, 0.1) is 11.8 Å². The normalized spacial score (nSPS) is 12.9. The first-order valence-corrected chi connectivity index (χ1v) is 7.86. The smallest absolute Gasteiger partial charge is 0 e.